The number of halogens is 2. The highest BCUT2D eigenvalue weighted by molar-refractivity contribution is 7.89. The van der Waals surface area contributed by atoms with Crippen LogP contribution in [0.15, 0.2) is 41.7 Å². The fourth-order valence-electron chi connectivity index (χ4n) is 2.53. The van der Waals surface area contributed by atoms with Crippen LogP contribution in [0, 0.1) is 11.6 Å². The molecule has 0 spiro atoms. The molecule has 1 amide bonds. The van der Waals surface area contributed by atoms with Crippen molar-refractivity contribution >= 4 is 15.9 Å². The SMILES string of the molecule is O=C(c1cnccn1)N1CCN(S(=O)(=O)c2ccc(F)cc2F)CC1. The summed E-state index contributed by atoms with van der Waals surface area (Å²) in [4.78, 5) is 20.9. The van der Waals surface area contributed by atoms with E-state index in [4.69, 9.17) is 0 Å². The smallest absolute Gasteiger partial charge is 0.274 e. The van der Waals surface area contributed by atoms with Crippen LogP contribution in [0.3, 0.4) is 0 Å². The molecule has 1 aliphatic heterocycles. The molecule has 3 rings (SSSR count). The van der Waals surface area contributed by atoms with Gasteiger partial charge in [-0.1, -0.05) is 0 Å². The van der Waals surface area contributed by atoms with E-state index in [1.165, 1.54) is 23.5 Å². The van der Waals surface area contributed by atoms with Gasteiger partial charge in [0, 0.05) is 44.6 Å². The molecule has 10 heteroatoms. The van der Waals surface area contributed by atoms with Crippen LogP contribution in [0.4, 0.5) is 8.78 Å². The van der Waals surface area contributed by atoms with Gasteiger partial charge in [0.15, 0.2) is 0 Å². The lowest BCUT2D eigenvalue weighted by molar-refractivity contribution is 0.0691. The van der Waals surface area contributed by atoms with Crippen LogP contribution in [0.2, 0.25) is 0 Å². The second-order valence-corrected chi connectivity index (χ2v) is 7.27. The standard InChI is InChI=1S/C15H14F2N4O3S/c16-11-1-2-14(12(17)9-11)25(23,24)21-7-5-20(6-8-21)15(22)13-10-18-3-4-19-13/h1-4,9-10H,5-8H2. The molecule has 1 saturated heterocycles. The van der Waals surface area contributed by atoms with Crippen LogP contribution >= 0.6 is 0 Å². The number of benzene rings is 1. The van der Waals surface area contributed by atoms with Gasteiger partial charge in [-0.05, 0) is 12.1 Å². The molecule has 7 nitrogen and oxygen atoms in total. The van der Waals surface area contributed by atoms with Gasteiger partial charge in [0.05, 0.1) is 6.20 Å². The molecule has 0 bridgehead atoms. The van der Waals surface area contributed by atoms with Crippen molar-refractivity contribution in [2.45, 2.75) is 4.90 Å². The number of sulfonamides is 1. The summed E-state index contributed by atoms with van der Waals surface area (Å²) in [6.07, 6.45) is 4.17. The summed E-state index contributed by atoms with van der Waals surface area (Å²) in [7, 11) is -4.10. The number of nitrogens with zero attached hydrogens (tertiary/aromatic N) is 4. The van der Waals surface area contributed by atoms with Gasteiger partial charge in [0.25, 0.3) is 5.91 Å². The van der Waals surface area contributed by atoms with Crippen molar-refractivity contribution in [3.63, 3.8) is 0 Å². The summed E-state index contributed by atoms with van der Waals surface area (Å²) in [5.74, 6) is -2.34. The number of piperazine rings is 1. The largest absolute Gasteiger partial charge is 0.335 e. The van der Waals surface area contributed by atoms with E-state index in [9.17, 15) is 22.0 Å². The van der Waals surface area contributed by atoms with E-state index in [-0.39, 0.29) is 37.8 Å². The molecule has 0 N–H and O–H groups in total. The number of rotatable bonds is 3. The second-order valence-electron chi connectivity index (χ2n) is 5.36. The van der Waals surface area contributed by atoms with Crippen molar-refractivity contribution in [3.05, 3.63) is 54.1 Å². The average molecular weight is 368 g/mol. The van der Waals surface area contributed by atoms with Crippen molar-refractivity contribution in [2.24, 2.45) is 0 Å². The summed E-state index contributed by atoms with van der Waals surface area (Å²) in [6, 6.07) is 2.32. The number of hydrogen-bond acceptors (Lipinski definition) is 5. The summed E-state index contributed by atoms with van der Waals surface area (Å²) >= 11 is 0. The number of carbonyl (C=O) groups is 1. The number of carbonyl (C=O) groups excluding carboxylic acids is 1. The van der Waals surface area contributed by atoms with Gasteiger partial charge in [0.2, 0.25) is 10.0 Å². The van der Waals surface area contributed by atoms with Gasteiger partial charge in [-0.2, -0.15) is 4.31 Å². The predicted molar refractivity (Wildman–Crippen MR) is 83.1 cm³/mol. The zero-order valence-electron chi connectivity index (χ0n) is 13.0. The molecule has 0 aliphatic carbocycles. The number of amides is 1. The van der Waals surface area contributed by atoms with Gasteiger partial charge in [-0.15, -0.1) is 0 Å². The Kier molecular flexibility index (Phi) is 4.73. The quantitative estimate of drug-likeness (QED) is 0.804. The first-order valence-corrected chi connectivity index (χ1v) is 8.84. The van der Waals surface area contributed by atoms with E-state index >= 15 is 0 Å². The predicted octanol–water partition coefficient (Wildman–Crippen LogP) is 0.901. The Balaban J connectivity index is 1.72. The maximum atomic E-state index is 13.8. The monoisotopic (exact) mass is 368 g/mol. The van der Waals surface area contributed by atoms with E-state index < -0.39 is 26.6 Å². The molecular formula is C15H14F2N4O3S. The van der Waals surface area contributed by atoms with Crippen LogP contribution in [-0.4, -0.2) is 59.7 Å². The number of hydrogen-bond donors (Lipinski definition) is 0. The van der Waals surface area contributed by atoms with E-state index in [2.05, 4.69) is 9.97 Å². The molecule has 0 saturated carbocycles. The van der Waals surface area contributed by atoms with Gasteiger partial charge in [-0.25, -0.2) is 22.2 Å². The molecule has 0 atom stereocenters. The van der Waals surface area contributed by atoms with Gasteiger partial charge in [-0.3, -0.25) is 9.78 Å². The second kappa shape index (κ2) is 6.81. The minimum Gasteiger partial charge on any atom is -0.335 e. The molecule has 132 valence electrons. The van der Waals surface area contributed by atoms with Crippen LogP contribution in [0.25, 0.3) is 0 Å². The number of aromatic nitrogens is 2. The van der Waals surface area contributed by atoms with E-state index in [0.29, 0.717) is 6.07 Å². The molecule has 2 aromatic rings. The first-order chi connectivity index (χ1) is 11.9. The van der Waals surface area contributed by atoms with Gasteiger partial charge in [0.1, 0.15) is 22.2 Å². The molecule has 1 aromatic heterocycles. The lowest BCUT2D eigenvalue weighted by atomic mass is 10.3. The lowest BCUT2D eigenvalue weighted by Crippen LogP contribution is -2.50. The van der Waals surface area contributed by atoms with Crippen LogP contribution in [-0.2, 0) is 10.0 Å². The highest BCUT2D eigenvalue weighted by atomic mass is 32.2. The molecular weight excluding hydrogens is 354 g/mol. The zero-order valence-corrected chi connectivity index (χ0v) is 13.8. The summed E-state index contributed by atoms with van der Waals surface area (Å²) in [6.45, 7) is 0.283. The third kappa shape index (κ3) is 3.49. The summed E-state index contributed by atoms with van der Waals surface area (Å²) in [5.41, 5.74) is 0.170. The Bertz CT molecular complexity index is 885. The van der Waals surface area contributed by atoms with Gasteiger partial charge < -0.3 is 4.90 Å². The third-order valence-electron chi connectivity index (χ3n) is 3.82. The Morgan fingerprint density at radius 1 is 1.08 bits per heavy atom. The Labute approximate surface area is 143 Å². The first-order valence-electron chi connectivity index (χ1n) is 7.40. The Hall–Kier alpha value is -2.46. The van der Waals surface area contributed by atoms with Crippen molar-refractivity contribution in [2.75, 3.05) is 26.2 Å². The Morgan fingerprint density at radius 3 is 2.40 bits per heavy atom. The van der Waals surface area contributed by atoms with Crippen molar-refractivity contribution in [3.8, 4) is 0 Å². The van der Waals surface area contributed by atoms with Crippen molar-refractivity contribution in [1.82, 2.24) is 19.2 Å². The van der Waals surface area contributed by atoms with Crippen LogP contribution in [0.1, 0.15) is 10.5 Å². The molecule has 1 aromatic carbocycles. The maximum Gasteiger partial charge on any atom is 0.274 e. The van der Waals surface area contributed by atoms with Crippen LogP contribution < -0.4 is 0 Å². The highest BCUT2D eigenvalue weighted by Gasteiger charge is 2.32. The molecule has 1 aliphatic rings. The topological polar surface area (TPSA) is 83.5 Å². The Morgan fingerprint density at radius 2 is 1.80 bits per heavy atom. The minimum atomic E-state index is -4.10. The fourth-order valence-corrected chi connectivity index (χ4v) is 3.99. The van der Waals surface area contributed by atoms with E-state index in [1.807, 2.05) is 0 Å². The van der Waals surface area contributed by atoms with Crippen molar-refractivity contribution in [1.29, 1.82) is 0 Å². The average Bonchev–Trinajstić information content (AvgIpc) is 2.61. The van der Waals surface area contributed by atoms with E-state index in [1.54, 1.807) is 0 Å². The zero-order chi connectivity index (χ0) is 18.0. The normalized spacial score (nSPS) is 16.0. The molecule has 1 fully saturated rings. The highest BCUT2D eigenvalue weighted by Crippen LogP contribution is 2.21. The summed E-state index contributed by atoms with van der Waals surface area (Å²) in [5, 5.41) is 0. The van der Waals surface area contributed by atoms with E-state index in [0.717, 1.165) is 16.4 Å². The molecule has 2 heterocycles. The first kappa shape index (κ1) is 17.4. The maximum absolute atomic E-state index is 13.8. The molecule has 0 unspecified atom stereocenters. The summed E-state index contributed by atoms with van der Waals surface area (Å²) < 4.78 is 52.9. The molecule has 25 heavy (non-hydrogen) atoms. The van der Waals surface area contributed by atoms with Crippen LogP contribution in [0.5, 0.6) is 0 Å². The third-order valence-corrected chi connectivity index (χ3v) is 5.75. The fraction of sp³-hybridized carbons (Fsp3) is 0.267. The van der Waals surface area contributed by atoms with Gasteiger partial charge >= 0.3 is 0 Å². The molecule has 0 radical (unpaired) electrons. The minimum absolute atomic E-state index is 0.00511. The lowest BCUT2D eigenvalue weighted by Gasteiger charge is -2.33. The van der Waals surface area contributed by atoms with Crippen molar-refractivity contribution < 1.29 is 22.0 Å².